The van der Waals surface area contributed by atoms with E-state index in [-0.39, 0.29) is 24.3 Å². The van der Waals surface area contributed by atoms with Crippen LogP contribution in [0.3, 0.4) is 0 Å². The molecule has 0 atom stereocenters. The number of para-hydroxylation sites is 1. The number of nitrogens with zero attached hydrogens (tertiary/aromatic N) is 3. The summed E-state index contributed by atoms with van der Waals surface area (Å²) in [5.41, 5.74) is 1.90. The second-order valence-electron chi connectivity index (χ2n) is 8.05. The van der Waals surface area contributed by atoms with Crippen LogP contribution in [0.15, 0.2) is 28.8 Å². The van der Waals surface area contributed by atoms with E-state index in [1.807, 2.05) is 45.0 Å². The minimum absolute atomic E-state index is 0.173. The van der Waals surface area contributed by atoms with Crippen molar-refractivity contribution in [2.45, 2.75) is 58.3 Å². The number of anilines is 1. The first-order valence-corrected chi connectivity index (χ1v) is 9.71. The molecule has 1 aliphatic heterocycles. The molecule has 0 bridgehead atoms. The standard InChI is InChI=1S/C21H27N3O4/c1-21(2,3)20-22-17(28-23-20)11-6-12-19(26)27-14-18(25)24-13-7-9-15-8-4-5-10-16(15)24/h4-5,8,10H,6-7,9,11-14H2,1-3H3. The lowest BCUT2D eigenvalue weighted by atomic mass is 9.96. The van der Waals surface area contributed by atoms with Gasteiger partial charge in [0, 0.05) is 30.5 Å². The number of aryl methyl sites for hydroxylation is 2. The molecule has 0 radical (unpaired) electrons. The second kappa shape index (κ2) is 8.54. The van der Waals surface area contributed by atoms with Crippen LogP contribution in [0.1, 0.15) is 57.3 Å². The van der Waals surface area contributed by atoms with Crippen molar-refractivity contribution in [2.24, 2.45) is 0 Å². The second-order valence-corrected chi connectivity index (χ2v) is 8.05. The van der Waals surface area contributed by atoms with Crippen molar-refractivity contribution >= 4 is 17.6 Å². The highest BCUT2D eigenvalue weighted by Gasteiger charge is 2.23. The fraction of sp³-hybridized carbons (Fsp3) is 0.524. The predicted molar refractivity (Wildman–Crippen MR) is 104 cm³/mol. The smallest absolute Gasteiger partial charge is 0.306 e. The van der Waals surface area contributed by atoms with Gasteiger partial charge in [-0.3, -0.25) is 9.59 Å². The summed E-state index contributed by atoms with van der Waals surface area (Å²) in [5.74, 6) is 0.581. The van der Waals surface area contributed by atoms with Gasteiger partial charge in [-0.1, -0.05) is 44.1 Å². The summed E-state index contributed by atoms with van der Waals surface area (Å²) in [6.07, 6.45) is 3.12. The van der Waals surface area contributed by atoms with Gasteiger partial charge in [-0.2, -0.15) is 4.98 Å². The molecule has 7 heteroatoms. The molecule has 7 nitrogen and oxygen atoms in total. The maximum atomic E-state index is 12.5. The molecule has 1 aromatic heterocycles. The molecule has 0 unspecified atom stereocenters. The Morgan fingerprint density at radius 2 is 2.04 bits per heavy atom. The van der Waals surface area contributed by atoms with E-state index in [0.29, 0.717) is 31.1 Å². The maximum absolute atomic E-state index is 12.5. The normalized spacial score (nSPS) is 13.9. The van der Waals surface area contributed by atoms with Crippen LogP contribution >= 0.6 is 0 Å². The number of hydrogen-bond acceptors (Lipinski definition) is 6. The molecule has 0 saturated heterocycles. The molecular weight excluding hydrogens is 358 g/mol. The average Bonchev–Trinajstić information content (AvgIpc) is 3.15. The molecular formula is C21H27N3O4. The van der Waals surface area contributed by atoms with E-state index >= 15 is 0 Å². The van der Waals surface area contributed by atoms with E-state index in [4.69, 9.17) is 9.26 Å². The van der Waals surface area contributed by atoms with Gasteiger partial charge in [-0.15, -0.1) is 0 Å². The quantitative estimate of drug-likeness (QED) is 0.710. The van der Waals surface area contributed by atoms with Crippen LogP contribution in [0.5, 0.6) is 0 Å². The third kappa shape index (κ3) is 4.97. The summed E-state index contributed by atoms with van der Waals surface area (Å²) in [4.78, 5) is 30.5. The van der Waals surface area contributed by atoms with Crippen molar-refractivity contribution in [1.29, 1.82) is 0 Å². The van der Waals surface area contributed by atoms with Gasteiger partial charge < -0.3 is 14.2 Å². The van der Waals surface area contributed by atoms with E-state index in [1.165, 1.54) is 0 Å². The topological polar surface area (TPSA) is 85.5 Å². The van der Waals surface area contributed by atoms with Crippen LogP contribution in [0.2, 0.25) is 0 Å². The molecule has 3 rings (SSSR count). The van der Waals surface area contributed by atoms with E-state index in [1.54, 1.807) is 4.90 Å². The fourth-order valence-corrected chi connectivity index (χ4v) is 3.13. The number of carbonyl (C=O) groups is 2. The van der Waals surface area contributed by atoms with E-state index in [0.717, 1.165) is 24.1 Å². The Bertz CT molecular complexity index is 838. The third-order valence-electron chi connectivity index (χ3n) is 4.68. The summed E-state index contributed by atoms with van der Waals surface area (Å²) < 4.78 is 10.4. The van der Waals surface area contributed by atoms with Gasteiger partial charge in [0.05, 0.1) is 0 Å². The van der Waals surface area contributed by atoms with Crippen LogP contribution in [-0.2, 0) is 32.6 Å². The number of esters is 1. The zero-order chi connectivity index (χ0) is 20.1. The van der Waals surface area contributed by atoms with E-state index in [9.17, 15) is 9.59 Å². The molecule has 28 heavy (non-hydrogen) atoms. The number of benzene rings is 1. The van der Waals surface area contributed by atoms with Crippen molar-refractivity contribution in [1.82, 2.24) is 10.1 Å². The molecule has 0 spiro atoms. The molecule has 0 saturated carbocycles. The third-order valence-corrected chi connectivity index (χ3v) is 4.68. The number of amides is 1. The highest BCUT2D eigenvalue weighted by molar-refractivity contribution is 5.96. The molecule has 1 aliphatic rings. The molecule has 0 N–H and O–H groups in total. The van der Waals surface area contributed by atoms with Gasteiger partial charge in [-0.05, 0) is 30.9 Å². The first kappa shape index (κ1) is 20.0. The maximum Gasteiger partial charge on any atom is 0.306 e. The number of hydrogen-bond donors (Lipinski definition) is 0. The monoisotopic (exact) mass is 385 g/mol. The van der Waals surface area contributed by atoms with Gasteiger partial charge in [0.15, 0.2) is 12.4 Å². The first-order valence-electron chi connectivity index (χ1n) is 9.71. The van der Waals surface area contributed by atoms with Crippen LogP contribution in [-0.4, -0.2) is 35.2 Å². The number of carbonyl (C=O) groups excluding carboxylic acids is 2. The molecule has 2 heterocycles. The van der Waals surface area contributed by atoms with Crippen molar-refractivity contribution in [2.75, 3.05) is 18.1 Å². The zero-order valence-corrected chi connectivity index (χ0v) is 16.7. The van der Waals surface area contributed by atoms with Crippen LogP contribution in [0, 0.1) is 0 Å². The Morgan fingerprint density at radius 1 is 1.25 bits per heavy atom. The molecule has 1 aromatic carbocycles. The predicted octanol–water partition coefficient (Wildman–Crippen LogP) is 3.21. The highest BCUT2D eigenvalue weighted by atomic mass is 16.5. The zero-order valence-electron chi connectivity index (χ0n) is 16.7. The van der Waals surface area contributed by atoms with Gasteiger partial charge in [0.25, 0.3) is 5.91 Å². The van der Waals surface area contributed by atoms with Crippen LogP contribution in [0.25, 0.3) is 0 Å². The Labute approximate surface area is 165 Å². The van der Waals surface area contributed by atoms with Crippen molar-refractivity contribution in [3.63, 3.8) is 0 Å². The fourth-order valence-electron chi connectivity index (χ4n) is 3.13. The largest absolute Gasteiger partial charge is 0.456 e. The number of aromatic nitrogens is 2. The number of rotatable bonds is 6. The molecule has 0 aliphatic carbocycles. The van der Waals surface area contributed by atoms with E-state index in [2.05, 4.69) is 10.1 Å². The summed E-state index contributed by atoms with van der Waals surface area (Å²) in [6.45, 7) is 6.45. The Kier molecular flexibility index (Phi) is 6.11. The summed E-state index contributed by atoms with van der Waals surface area (Å²) >= 11 is 0. The molecule has 0 fully saturated rings. The van der Waals surface area contributed by atoms with Gasteiger partial charge >= 0.3 is 5.97 Å². The Hall–Kier alpha value is -2.70. The van der Waals surface area contributed by atoms with Gasteiger partial charge in [0.2, 0.25) is 5.89 Å². The molecule has 2 aromatic rings. The van der Waals surface area contributed by atoms with Crippen molar-refractivity contribution < 1.29 is 18.8 Å². The van der Waals surface area contributed by atoms with E-state index < -0.39 is 5.97 Å². The lowest BCUT2D eigenvalue weighted by Gasteiger charge is -2.29. The summed E-state index contributed by atoms with van der Waals surface area (Å²) in [5, 5.41) is 3.96. The minimum Gasteiger partial charge on any atom is -0.456 e. The summed E-state index contributed by atoms with van der Waals surface area (Å²) in [6, 6.07) is 7.85. The van der Waals surface area contributed by atoms with Gasteiger partial charge in [0.1, 0.15) is 0 Å². The lowest BCUT2D eigenvalue weighted by Crippen LogP contribution is -2.38. The Morgan fingerprint density at radius 3 is 2.79 bits per heavy atom. The highest BCUT2D eigenvalue weighted by Crippen LogP contribution is 2.26. The number of fused-ring (bicyclic) bond motifs is 1. The average molecular weight is 385 g/mol. The first-order chi connectivity index (χ1) is 13.3. The summed E-state index contributed by atoms with van der Waals surface area (Å²) in [7, 11) is 0. The lowest BCUT2D eigenvalue weighted by molar-refractivity contribution is -0.147. The van der Waals surface area contributed by atoms with Crippen LogP contribution in [0.4, 0.5) is 5.69 Å². The SMILES string of the molecule is CC(C)(C)c1noc(CCCC(=O)OCC(=O)N2CCCc3ccccc32)n1. The molecule has 1 amide bonds. The minimum atomic E-state index is -0.394. The molecule has 150 valence electrons. The van der Waals surface area contributed by atoms with Crippen molar-refractivity contribution in [3.05, 3.63) is 41.5 Å². The Balaban J connectivity index is 1.42. The van der Waals surface area contributed by atoms with Crippen LogP contribution < -0.4 is 4.90 Å². The number of ether oxygens (including phenoxy) is 1. The van der Waals surface area contributed by atoms with Crippen molar-refractivity contribution in [3.8, 4) is 0 Å². The van der Waals surface area contributed by atoms with Gasteiger partial charge in [-0.25, -0.2) is 0 Å².